The molecule has 0 aromatic heterocycles. The SMILES string of the molecule is COc1ccc(C2CC(=O)C3C(=Nc4ccccc4N(C(C)=O)C3c3ccc(N4C(C)CCCC4C)cc3OC)C2)cc1. The van der Waals surface area contributed by atoms with Crippen LogP contribution in [-0.4, -0.2) is 43.7 Å². The van der Waals surface area contributed by atoms with Crippen molar-refractivity contribution in [3.63, 3.8) is 0 Å². The minimum Gasteiger partial charge on any atom is -0.497 e. The first-order chi connectivity index (χ1) is 20.8. The van der Waals surface area contributed by atoms with Crippen LogP contribution in [-0.2, 0) is 9.59 Å². The second kappa shape index (κ2) is 11.9. The van der Waals surface area contributed by atoms with Crippen molar-refractivity contribution < 1.29 is 19.1 Å². The van der Waals surface area contributed by atoms with Gasteiger partial charge in [-0.1, -0.05) is 30.3 Å². The van der Waals surface area contributed by atoms with E-state index >= 15 is 0 Å². The molecule has 1 saturated heterocycles. The molecule has 0 bridgehead atoms. The van der Waals surface area contributed by atoms with E-state index in [0.717, 1.165) is 41.1 Å². The van der Waals surface area contributed by atoms with Gasteiger partial charge in [-0.15, -0.1) is 0 Å². The predicted molar refractivity (Wildman–Crippen MR) is 171 cm³/mol. The summed E-state index contributed by atoms with van der Waals surface area (Å²) in [4.78, 5) is 37.2. The number of Topliss-reactive ketones (excluding diaryl/α,β-unsaturated/α-hetero) is 1. The first-order valence-corrected chi connectivity index (χ1v) is 15.4. The van der Waals surface area contributed by atoms with Crippen molar-refractivity contribution in [1.82, 2.24) is 0 Å². The second-order valence-corrected chi connectivity index (χ2v) is 12.2. The van der Waals surface area contributed by atoms with E-state index in [-0.39, 0.29) is 17.6 Å². The quantitative estimate of drug-likeness (QED) is 0.315. The standard InChI is InChI=1S/C36H41N3O4/c1-22-9-8-10-23(2)38(22)27-15-18-29(34(21-27)43-5)36-35-31(37-30-11-6-7-12-32(30)39(36)24(3)40)19-26(20-33(35)41)25-13-16-28(42-4)17-14-25/h6-7,11-18,21-23,26,35-36H,8-10,19-20H2,1-5H3. The summed E-state index contributed by atoms with van der Waals surface area (Å²) in [7, 11) is 3.32. The molecule has 3 aromatic rings. The molecule has 2 fully saturated rings. The van der Waals surface area contributed by atoms with Crippen molar-refractivity contribution in [1.29, 1.82) is 0 Å². The highest BCUT2D eigenvalue weighted by molar-refractivity contribution is 6.13. The fourth-order valence-electron chi connectivity index (χ4n) is 7.53. The normalized spacial score (nSPS) is 25.3. The van der Waals surface area contributed by atoms with E-state index in [1.165, 1.54) is 6.42 Å². The molecule has 1 saturated carbocycles. The van der Waals surface area contributed by atoms with E-state index in [2.05, 4.69) is 36.9 Å². The highest BCUT2D eigenvalue weighted by Gasteiger charge is 2.46. The second-order valence-electron chi connectivity index (χ2n) is 12.2. The molecule has 3 aliphatic rings. The van der Waals surface area contributed by atoms with Crippen LogP contribution in [0.2, 0.25) is 0 Å². The number of ether oxygens (including phenoxy) is 2. The molecule has 6 rings (SSSR count). The van der Waals surface area contributed by atoms with Crippen LogP contribution in [0.3, 0.4) is 0 Å². The Morgan fingerprint density at radius 2 is 1.63 bits per heavy atom. The fourth-order valence-corrected chi connectivity index (χ4v) is 7.53. The summed E-state index contributed by atoms with van der Waals surface area (Å²) in [6.45, 7) is 6.12. The molecule has 1 amide bonds. The third-order valence-electron chi connectivity index (χ3n) is 9.56. The zero-order valence-corrected chi connectivity index (χ0v) is 25.7. The number of hydrogen-bond donors (Lipinski definition) is 0. The molecule has 5 atom stereocenters. The van der Waals surface area contributed by atoms with Crippen molar-refractivity contribution in [3.05, 3.63) is 77.9 Å². The lowest BCUT2D eigenvalue weighted by atomic mass is 9.72. The molecule has 1 aliphatic carbocycles. The molecule has 7 nitrogen and oxygen atoms in total. The van der Waals surface area contributed by atoms with Crippen LogP contribution in [0.1, 0.15) is 76.0 Å². The zero-order valence-electron chi connectivity index (χ0n) is 25.7. The van der Waals surface area contributed by atoms with E-state index < -0.39 is 12.0 Å². The van der Waals surface area contributed by atoms with Crippen LogP contribution in [0, 0.1) is 5.92 Å². The van der Waals surface area contributed by atoms with Gasteiger partial charge in [0.1, 0.15) is 17.3 Å². The van der Waals surface area contributed by atoms with Crippen molar-refractivity contribution in [2.75, 3.05) is 24.0 Å². The Balaban J connectivity index is 1.47. The van der Waals surface area contributed by atoms with Gasteiger partial charge in [0.05, 0.1) is 37.6 Å². The molecule has 7 heteroatoms. The summed E-state index contributed by atoms with van der Waals surface area (Å²) >= 11 is 0. The maximum atomic E-state index is 14.3. The number of fused-ring (bicyclic) bond motifs is 2. The molecule has 0 radical (unpaired) electrons. The summed E-state index contributed by atoms with van der Waals surface area (Å²) < 4.78 is 11.4. The van der Waals surface area contributed by atoms with E-state index in [9.17, 15) is 9.59 Å². The molecule has 0 spiro atoms. The average Bonchev–Trinajstić information content (AvgIpc) is 3.15. The molecule has 3 aromatic carbocycles. The minimum absolute atomic E-state index is 0.00329. The molecule has 2 aliphatic heterocycles. The van der Waals surface area contributed by atoms with Crippen molar-refractivity contribution >= 4 is 34.5 Å². The lowest BCUT2D eigenvalue weighted by molar-refractivity contribution is -0.123. The number of rotatable bonds is 5. The molecular weight excluding hydrogens is 538 g/mol. The lowest BCUT2D eigenvalue weighted by Crippen LogP contribution is -2.45. The number of carbonyl (C=O) groups is 2. The van der Waals surface area contributed by atoms with Crippen molar-refractivity contribution in [2.45, 2.75) is 76.9 Å². The summed E-state index contributed by atoms with van der Waals surface area (Å²) in [5.74, 6) is 0.825. The molecule has 0 N–H and O–H groups in total. The van der Waals surface area contributed by atoms with Gasteiger partial charge >= 0.3 is 0 Å². The van der Waals surface area contributed by atoms with Crippen LogP contribution in [0.4, 0.5) is 17.1 Å². The Hall–Kier alpha value is -4.13. The molecule has 224 valence electrons. The van der Waals surface area contributed by atoms with Crippen LogP contribution in [0.25, 0.3) is 0 Å². The van der Waals surface area contributed by atoms with Gasteiger partial charge in [0, 0.05) is 48.5 Å². The monoisotopic (exact) mass is 579 g/mol. The predicted octanol–water partition coefficient (Wildman–Crippen LogP) is 7.41. The number of methoxy groups -OCH3 is 2. The third-order valence-corrected chi connectivity index (χ3v) is 9.56. The average molecular weight is 580 g/mol. The van der Waals surface area contributed by atoms with Gasteiger partial charge in [0.25, 0.3) is 0 Å². The third kappa shape index (κ3) is 5.30. The number of carbonyl (C=O) groups excluding carboxylic acids is 2. The van der Waals surface area contributed by atoms with Gasteiger partial charge in [0.15, 0.2) is 0 Å². The molecule has 2 heterocycles. The Morgan fingerprint density at radius 1 is 0.907 bits per heavy atom. The van der Waals surface area contributed by atoms with Crippen LogP contribution < -0.4 is 19.3 Å². The Kier molecular flexibility index (Phi) is 7.99. The van der Waals surface area contributed by atoms with E-state index in [1.807, 2.05) is 48.5 Å². The minimum atomic E-state index is -0.585. The first-order valence-electron chi connectivity index (χ1n) is 15.4. The van der Waals surface area contributed by atoms with Gasteiger partial charge in [-0.3, -0.25) is 14.6 Å². The number of hydrogen-bond acceptors (Lipinski definition) is 6. The van der Waals surface area contributed by atoms with E-state index in [0.29, 0.717) is 42.0 Å². The van der Waals surface area contributed by atoms with Crippen LogP contribution >= 0.6 is 0 Å². The van der Waals surface area contributed by atoms with Crippen molar-refractivity contribution in [2.24, 2.45) is 10.9 Å². The fraction of sp³-hybridized carbons (Fsp3) is 0.417. The number of benzene rings is 3. The van der Waals surface area contributed by atoms with E-state index in [4.69, 9.17) is 14.5 Å². The number of aliphatic imine (C=N–C) groups is 1. The van der Waals surface area contributed by atoms with Crippen LogP contribution in [0.5, 0.6) is 11.5 Å². The maximum absolute atomic E-state index is 14.3. The van der Waals surface area contributed by atoms with Gasteiger partial charge in [0.2, 0.25) is 5.91 Å². The highest BCUT2D eigenvalue weighted by Crippen LogP contribution is 2.49. The largest absolute Gasteiger partial charge is 0.497 e. The summed E-state index contributed by atoms with van der Waals surface area (Å²) in [5, 5.41) is 0. The van der Waals surface area contributed by atoms with Gasteiger partial charge in [-0.05, 0) is 81.3 Å². The highest BCUT2D eigenvalue weighted by atomic mass is 16.5. The topological polar surface area (TPSA) is 71.4 Å². The number of piperidine rings is 1. The Bertz CT molecular complexity index is 1540. The van der Waals surface area contributed by atoms with Gasteiger partial charge in [-0.25, -0.2) is 0 Å². The van der Waals surface area contributed by atoms with E-state index in [1.54, 1.807) is 26.0 Å². The summed E-state index contributed by atoms with van der Waals surface area (Å²) in [6.07, 6.45) is 4.53. The smallest absolute Gasteiger partial charge is 0.224 e. The van der Waals surface area contributed by atoms with Gasteiger partial charge in [-0.2, -0.15) is 0 Å². The molecular formula is C36H41N3O4. The lowest BCUT2D eigenvalue weighted by Gasteiger charge is -2.42. The Morgan fingerprint density at radius 3 is 2.30 bits per heavy atom. The first kappa shape index (κ1) is 29.0. The molecule has 5 unspecified atom stereocenters. The summed E-state index contributed by atoms with van der Waals surface area (Å²) in [5.41, 5.74) is 5.23. The summed E-state index contributed by atoms with van der Waals surface area (Å²) in [6, 6.07) is 22.2. The number of anilines is 2. The number of ketones is 1. The number of para-hydroxylation sites is 2. The maximum Gasteiger partial charge on any atom is 0.224 e. The van der Waals surface area contributed by atoms with Crippen LogP contribution in [0.15, 0.2) is 71.7 Å². The Labute approximate surface area is 254 Å². The zero-order chi connectivity index (χ0) is 30.2. The number of nitrogens with zero attached hydrogens (tertiary/aromatic N) is 3. The van der Waals surface area contributed by atoms with Gasteiger partial charge < -0.3 is 19.3 Å². The number of amides is 1. The van der Waals surface area contributed by atoms with Crippen molar-refractivity contribution in [3.8, 4) is 11.5 Å². The molecule has 43 heavy (non-hydrogen) atoms.